The predicted octanol–water partition coefficient (Wildman–Crippen LogP) is 3.86. The first-order chi connectivity index (χ1) is 7.50. The second-order valence-electron chi connectivity index (χ2n) is 5.18. The minimum absolute atomic E-state index is 0.351. The number of aliphatic hydroxyl groups is 1. The maximum atomic E-state index is 9.88. The van der Waals surface area contributed by atoms with Crippen molar-refractivity contribution in [1.29, 1.82) is 0 Å². The largest absolute Gasteiger partial charge is 0.389 e. The van der Waals surface area contributed by atoms with Crippen LogP contribution in [0.15, 0.2) is 36.5 Å². The molecule has 1 rings (SSSR count). The number of rotatable bonds is 1. The predicted molar refractivity (Wildman–Crippen MR) is 70.2 cm³/mol. The molecule has 0 aromatic carbocycles. The Morgan fingerprint density at radius 1 is 1.25 bits per heavy atom. The molecular formula is C15H24O. The van der Waals surface area contributed by atoms with Crippen molar-refractivity contribution < 1.29 is 5.11 Å². The summed E-state index contributed by atoms with van der Waals surface area (Å²) in [6.07, 6.45) is 7.69. The van der Waals surface area contributed by atoms with E-state index in [9.17, 15) is 5.11 Å². The van der Waals surface area contributed by atoms with Crippen molar-refractivity contribution in [1.82, 2.24) is 0 Å². The summed E-state index contributed by atoms with van der Waals surface area (Å²) in [5, 5.41) is 9.88. The Balaban J connectivity index is 2.75. The summed E-state index contributed by atoms with van der Waals surface area (Å²) in [5.74, 6) is 1.20. The molecule has 0 amide bonds. The molecule has 16 heavy (non-hydrogen) atoms. The number of allylic oxidation sites excluding steroid dienone is 3. The maximum absolute atomic E-state index is 9.88. The topological polar surface area (TPSA) is 20.2 Å². The summed E-state index contributed by atoms with van der Waals surface area (Å²) in [6.45, 7) is 12.5. The molecule has 1 nitrogen and oxygen atoms in total. The summed E-state index contributed by atoms with van der Waals surface area (Å²) in [5.41, 5.74) is 2.09. The van der Waals surface area contributed by atoms with Crippen LogP contribution in [0, 0.1) is 11.8 Å². The second-order valence-corrected chi connectivity index (χ2v) is 5.18. The van der Waals surface area contributed by atoms with E-state index in [1.165, 1.54) is 0 Å². The van der Waals surface area contributed by atoms with Gasteiger partial charge in [-0.25, -0.2) is 0 Å². The monoisotopic (exact) mass is 220 g/mol. The quantitative estimate of drug-likeness (QED) is 0.665. The van der Waals surface area contributed by atoms with Gasteiger partial charge in [-0.3, -0.25) is 0 Å². The number of aliphatic hydroxyl groups excluding tert-OH is 1. The molecule has 1 aliphatic carbocycles. The molecule has 1 N–H and O–H groups in total. The first kappa shape index (κ1) is 13.2. The van der Waals surface area contributed by atoms with Crippen molar-refractivity contribution in [2.75, 3.05) is 0 Å². The van der Waals surface area contributed by atoms with Gasteiger partial charge < -0.3 is 5.11 Å². The van der Waals surface area contributed by atoms with Crippen LogP contribution in [0.5, 0.6) is 0 Å². The molecule has 0 spiro atoms. The van der Waals surface area contributed by atoms with Gasteiger partial charge in [0.2, 0.25) is 0 Å². The van der Waals surface area contributed by atoms with Gasteiger partial charge in [-0.2, -0.15) is 0 Å². The molecule has 1 aliphatic rings. The molecule has 0 aliphatic heterocycles. The van der Waals surface area contributed by atoms with Crippen LogP contribution in [-0.2, 0) is 0 Å². The van der Waals surface area contributed by atoms with Crippen molar-refractivity contribution in [3.8, 4) is 0 Å². The summed E-state index contributed by atoms with van der Waals surface area (Å²) < 4.78 is 0. The molecule has 0 saturated carbocycles. The molecule has 0 saturated heterocycles. The zero-order chi connectivity index (χ0) is 12.1. The lowest BCUT2D eigenvalue weighted by Gasteiger charge is -2.21. The van der Waals surface area contributed by atoms with Crippen molar-refractivity contribution >= 4 is 0 Å². The van der Waals surface area contributed by atoms with E-state index >= 15 is 0 Å². The fourth-order valence-corrected chi connectivity index (χ4v) is 2.04. The Morgan fingerprint density at radius 2 is 1.94 bits per heavy atom. The second kappa shape index (κ2) is 6.05. The van der Waals surface area contributed by atoms with E-state index in [4.69, 9.17) is 0 Å². The van der Waals surface area contributed by atoms with Crippen molar-refractivity contribution in [3.05, 3.63) is 36.5 Å². The number of hydrogen-bond acceptors (Lipinski definition) is 1. The van der Waals surface area contributed by atoms with Gasteiger partial charge in [0.05, 0.1) is 6.10 Å². The molecular weight excluding hydrogens is 196 g/mol. The van der Waals surface area contributed by atoms with Crippen molar-refractivity contribution in [2.45, 2.75) is 45.6 Å². The minimum Gasteiger partial charge on any atom is -0.389 e. The molecule has 90 valence electrons. The van der Waals surface area contributed by atoms with Crippen LogP contribution in [0.25, 0.3) is 0 Å². The smallest absolute Gasteiger partial charge is 0.0750 e. The Morgan fingerprint density at radius 3 is 2.56 bits per heavy atom. The fourth-order valence-electron chi connectivity index (χ4n) is 2.04. The van der Waals surface area contributed by atoms with E-state index in [0.29, 0.717) is 11.8 Å². The molecule has 1 heteroatoms. The van der Waals surface area contributed by atoms with Crippen LogP contribution in [0.2, 0.25) is 0 Å². The van der Waals surface area contributed by atoms with E-state index in [1.807, 2.05) is 0 Å². The third-order valence-corrected chi connectivity index (χ3v) is 3.44. The Bertz CT molecular complexity index is 286. The van der Waals surface area contributed by atoms with Gasteiger partial charge >= 0.3 is 0 Å². The lowest BCUT2D eigenvalue weighted by Crippen LogP contribution is -2.13. The third kappa shape index (κ3) is 3.97. The highest BCUT2D eigenvalue weighted by Crippen LogP contribution is 2.25. The first-order valence-corrected chi connectivity index (χ1v) is 6.22. The molecule has 0 radical (unpaired) electrons. The van der Waals surface area contributed by atoms with Gasteiger partial charge in [0.25, 0.3) is 0 Å². The Labute approximate surface area is 99.6 Å². The van der Waals surface area contributed by atoms with E-state index in [0.717, 1.165) is 36.8 Å². The van der Waals surface area contributed by atoms with Gasteiger partial charge in [0.1, 0.15) is 0 Å². The summed E-state index contributed by atoms with van der Waals surface area (Å²) in [4.78, 5) is 0. The highest BCUT2D eigenvalue weighted by molar-refractivity contribution is 5.17. The van der Waals surface area contributed by atoms with E-state index in [2.05, 4.69) is 39.2 Å². The lowest BCUT2D eigenvalue weighted by atomic mass is 9.86. The molecule has 0 bridgehead atoms. The molecule has 0 heterocycles. The molecule has 0 unspecified atom stereocenters. The molecule has 0 aromatic heterocycles. The number of hydrogen-bond donors (Lipinski definition) is 1. The van der Waals surface area contributed by atoms with Crippen LogP contribution in [0.1, 0.15) is 39.5 Å². The first-order valence-electron chi connectivity index (χ1n) is 6.22. The molecule has 2 atom stereocenters. The van der Waals surface area contributed by atoms with E-state index < -0.39 is 0 Å². The third-order valence-electron chi connectivity index (χ3n) is 3.44. The van der Waals surface area contributed by atoms with Crippen LogP contribution in [0.3, 0.4) is 0 Å². The standard InChI is InChI=1S/C15H24O/c1-11(2)14-8-5-12(3)6-10-15(16)13(4)7-9-14/h5,8,11,14-16H,3-4,6-7,9-10H2,1-2H3/b8-5+/t14-,15+/m0/s1. The maximum Gasteiger partial charge on any atom is 0.0750 e. The van der Waals surface area contributed by atoms with E-state index in [1.54, 1.807) is 0 Å². The SMILES string of the molecule is C=C1/C=C/[C@H](C(C)C)CCC(=C)[C@H](O)CC1. The summed E-state index contributed by atoms with van der Waals surface area (Å²) in [7, 11) is 0. The van der Waals surface area contributed by atoms with Crippen LogP contribution < -0.4 is 0 Å². The van der Waals surface area contributed by atoms with Gasteiger partial charge in [-0.1, -0.05) is 44.7 Å². The fraction of sp³-hybridized carbons (Fsp3) is 0.600. The lowest BCUT2D eigenvalue weighted by molar-refractivity contribution is 0.195. The van der Waals surface area contributed by atoms with Crippen molar-refractivity contribution in [3.63, 3.8) is 0 Å². The average Bonchev–Trinajstić information content (AvgIpc) is 2.23. The van der Waals surface area contributed by atoms with Crippen LogP contribution in [0.4, 0.5) is 0 Å². The molecule has 0 aromatic rings. The average molecular weight is 220 g/mol. The van der Waals surface area contributed by atoms with Crippen molar-refractivity contribution in [2.24, 2.45) is 11.8 Å². The van der Waals surface area contributed by atoms with Gasteiger partial charge in [0.15, 0.2) is 0 Å². The van der Waals surface area contributed by atoms with Crippen LogP contribution >= 0.6 is 0 Å². The zero-order valence-corrected chi connectivity index (χ0v) is 10.6. The Kier molecular flexibility index (Phi) is 5.01. The minimum atomic E-state index is -0.351. The van der Waals surface area contributed by atoms with Gasteiger partial charge in [0, 0.05) is 0 Å². The summed E-state index contributed by atoms with van der Waals surface area (Å²) >= 11 is 0. The van der Waals surface area contributed by atoms with E-state index in [-0.39, 0.29) is 6.10 Å². The summed E-state index contributed by atoms with van der Waals surface area (Å²) in [6, 6.07) is 0. The van der Waals surface area contributed by atoms with Gasteiger partial charge in [-0.15, -0.1) is 0 Å². The van der Waals surface area contributed by atoms with Crippen LogP contribution in [-0.4, -0.2) is 11.2 Å². The van der Waals surface area contributed by atoms with Gasteiger partial charge in [-0.05, 0) is 43.1 Å². The highest BCUT2D eigenvalue weighted by atomic mass is 16.3. The normalized spacial score (nSPS) is 30.5. The Hall–Kier alpha value is -0.820. The zero-order valence-electron chi connectivity index (χ0n) is 10.6. The molecule has 0 fully saturated rings. The highest BCUT2D eigenvalue weighted by Gasteiger charge is 2.15.